The molecular weight excluding hydrogens is 516 g/mol. The SMILES string of the molecule is O=CN(Nc1ccccc1)c1cccc(COc2ccc(S(=O)(=O)CC(CC(=O)O)c3ccccc3)cc2)c1. The first kappa shape index (κ1) is 27.4. The van der Waals surface area contributed by atoms with Crippen molar-refractivity contribution in [3.8, 4) is 5.75 Å². The number of sulfone groups is 1. The van der Waals surface area contributed by atoms with Gasteiger partial charge >= 0.3 is 5.97 Å². The van der Waals surface area contributed by atoms with Crippen molar-refractivity contribution >= 4 is 33.6 Å². The Hall–Kier alpha value is -4.63. The number of aliphatic carboxylic acids is 1. The molecule has 1 amide bonds. The molecule has 0 fully saturated rings. The third-order valence-electron chi connectivity index (χ3n) is 6.02. The van der Waals surface area contributed by atoms with Crippen molar-refractivity contribution in [3.05, 3.63) is 120 Å². The van der Waals surface area contributed by atoms with Gasteiger partial charge in [0.15, 0.2) is 9.84 Å². The maximum Gasteiger partial charge on any atom is 0.303 e. The molecule has 0 spiro atoms. The summed E-state index contributed by atoms with van der Waals surface area (Å²) in [6, 6.07) is 31.4. The zero-order chi connectivity index (χ0) is 27.7. The highest BCUT2D eigenvalue weighted by atomic mass is 32.2. The predicted molar refractivity (Wildman–Crippen MR) is 149 cm³/mol. The van der Waals surface area contributed by atoms with Gasteiger partial charge < -0.3 is 9.84 Å². The van der Waals surface area contributed by atoms with E-state index < -0.39 is 21.7 Å². The van der Waals surface area contributed by atoms with Crippen molar-refractivity contribution in [2.45, 2.75) is 23.8 Å². The molecule has 0 saturated carbocycles. The molecule has 1 atom stereocenters. The number of hydrogen-bond donors (Lipinski definition) is 2. The number of nitrogens with zero attached hydrogens (tertiary/aromatic N) is 1. The summed E-state index contributed by atoms with van der Waals surface area (Å²) in [5, 5.41) is 10.7. The van der Waals surface area contributed by atoms with E-state index in [1.807, 2.05) is 48.5 Å². The van der Waals surface area contributed by atoms with Crippen LogP contribution in [0.25, 0.3) is 0 Å². The molecule has 4 aromatic carbocycles. The predicted octanol–water partition coefficient (Wildman–Crippen LogP) is 5.29. The van der Waals surface area contributed by atoms with Crippen LogP contribution in [0.4, 0.5) is 11.4 Å². The number of ether oxygens (including phenoxy) is 1. The first-order valence-corrected chi connectivity index (χ1v) is 13.9. The van der Waals surface area contributed by atoms with E-state index in [2.05, 4.69) is 5.43 Å². The summed E-state index contributed by atoms with van der Waals surface area (Å²) in [4.78, 5) is 23.1. The van der Waals surface area contributed by atoms with Crippen LogP contribution in [0.5, 0.6) is 5.75 Å². The highest BCUT2D eigenvalue weighted by molar-refractivity contribution is 7.91. The van der Waals surface area contributed by atoms with Gasteiger partial charge in [0.2, 0.25) is 6.41 Å². The van der Waals surface area contributed by atoms with Gasteiger partial charge in [-0.1, -0.05) is 60.7 Å². The Morgan fingerprint density at radius 2 is 1.56 bits per heavy atom. The van der Waals surface area contributed by atoms with Gasteiger partial charge in [0.1, 0.15) is 12.4 Å². The van der Waals surface area contributed by atoms with Gasteiger partial charge in [0.25, 0.3) is 0 Å². The Balaban J connectivity index is 1.40. The Bertz CT molecular complexity index is 1490. The third-order valence-corrected chi connectivity index (χ3v) is 7.85. The number of amides is 1. The highest BCUT2D eigenvalue weighted by Gasteiger charge is 2.25. The summed E-state index contributed by atoms with van der Waals surface area (Å²) in [6.07, 6.45) is 0.400. The van der Waals surface area contributed by atoms with Crippen LogP contribution in [-0.4, -0.2) is 31.7 Å². The van der Waals surface area contributed by atoms with E-state index in [0.29, 0.717) is 23.4 Å². The minimum Gasteiger partial charge on any atom is -0.489 e. The monoisotopic (exact) mass is 544 g/mol. The molecule has 0 radical (unpaired) electrons. The molecule has 2 N–H and O–H groups in total. The van der Waals surface area contributed by atoms with E-state index in [9.17, 15) is 23.1 Å². The van der Waals surface area contributed by atoms with E-state index in [4.69, 9.17) is 4.74 Å². The minimum atomic E-state index is -3.75. The lowest BCUT2D eigenvalue weighted by Gasteiger charge is -2.20. The van der Waals surface area contributed by atoms with Crippen molar-refractivity contribution in [1.82, 2.24) is 0 Å². The molecule has 0 saturated heterocycles. The molecule has 39 heavy (non-hydrogen) atoms. The molecular formula is C30H28N2O6S. The highest BCUT2D eigenvalue weighted by Crippen LogP contribution is 2.26. The number of para-hydroxylation sites is 1. The average Bonchev–Trinajstić information content (AvgIpc) is 2.95. The fraction of sp³-hybridized carbons (Fsp3) is 0.133. The zero-order valence-corrected chi connectivity index (χ0v) is 21.8. The second-order valence-electron chi connectivity index (χ2n) is 8.87. The summed E-state index contributed by atoms with van der Waals surface area (Å²) in [6.45, 7) is 0.201. The summed E-state index contributed by atoms with van der Waals surface area (Å²) < 4.78 is 32.0. The first-order valence-electron chi connectivity index (χ1n) is 12.2. The summed E-state index contributed by atoms with van der Waals surface area (Å²) in [5.41, 5.74) is 5.90. The van der Waals surface area contributed by atoms with Crippen molar-refractivity contribution in [2.24, 2.45) is 0 Å². The Labute approximate surface area is 227 Å². The molecule has 1 unspecified atom stereocenters. The van der Waals surface area contributed by atoms with Crippen LogP contribution in [0.1, 0.15) is 23.5 Å². The van der Waals surface area contributed by atoms with Gasteiger partial charge in [0, 0.05) is 5.92 Å². The molecule has 8 nitrogen and oxygen atoms in total. The second-order valence-corrected chi connectivity index (χ2v) is 10.9. The number of carbonyl (C=O) groups excluding carboxylic acids is 1. The lowest BCUT2D eigenvalue weighted by atomic mass is 9.98. The standard InChI is InChI=1S/C30H28N2O6S/c33-22-32(31-26-11-5-2-6-12-26)27-13-7-8-23(18-27)20-38-28-14-16-29(17-15-28)39(36,37)21-25(19-30(34)35)24-9-3-1-4-10-24/h1-18,22,25,31H,19-21H2,(H,34,35). The number of carboxylic acids is 1. The van der Waals surface area contributed by atoms with Crippen molar-refractivity contribution in [3.63, 3.8) is 0 Å². The van der Waals surface area contributed by atoms with E-state index in [0.717, 1.165) is 11.3 Å². The second kappa shape index (κ2) is 12.7. The maximum absolute atomic E-state index is 13.1. The summed E-state index contributed by atoms with van der Waals surface area (Å²) in [7, 11) is -3.75. The first-order chi connectivity index (χ1) is 18.8. The largest absolute Gasteiger partial charge is 0.489 e. The van der Waals surface area contributed by atoms with Gasteiger partial charge in [-0.25, -0.2) is 13.4 Å². The number of hydrogen-bond acceptors (Lipinski definition) is 6. The average molecular weight is 545 g/mol. The molecule has 0 bridgehead atoms. The molecule has 4 aromatic rings. The van der Waals surface area contributed by atoms with Gasteiger partial charge in [0.05, 0.1) is 28.4 Å². The fourth-order valence-electron chi connectivity index (χ4n) is 4.08. The normalized spacial score (nSPS) is 11.8. The summed E-state index contributed by atoms with van der Waals surface area (Å²) >= 11 is 0. The molecule has 200 valence electrons. The molecule has 4 rings (SSSR count). The third kappa shape index (κ3) is 7.68. The van der Waals surface area contributed by atoms with Crippen LogP contribution in [0, 0.1) is 0 Å². The lowest BCUT2D eigenvalue weighted by Crippen LogP contribution is -2.28. The van der Waals surface area contributed by atoms with E-state index >= 15 is 0 Å². The number of anilines is 2. The molecule has 0 aliphatic carbocycles. The molecule has 0 aromatic heterocycles. The maximum atomic E-state index is 13.1. The topological polar surface area (TPSA) is 113 Å². The van der Waals surface area contributed by atoms with Crippen LogP contribution >= 0.6 is 0 Å². The van der Waals surface area contributed by atoms with Gasteiger partial charge in [-0.3, -0.25) is 15.0 Å². The molecule has 0 aliphatic rings. The van der Waals surface area contributed by atoms with Crippen molar-refractivity contribution < 1.29 is 27.9 Å². The van der Waals surface area contributed by atoms with Gasteiger partial charge in [-0.2, -0.15) is 0 Å². The van der Waals surface area contributed by atoms with Gasteiger partial charge in [-0.05, 0) is 59.7 Å². The quantitative estimate of drug-likeness (QED) is 0.174. The smallest absolute Gasteiger partial charge is 0.303 e. The zero-order valence-electron chi connectivity index (χ0n) is 21.0. The van der Waals surface area contributed by atoms with Crippen LogP contribution in [0.3, 0.4) is 0 Å². The fourth-order valence-corrected chi connectivity index (χ4v) is 5.66. The Kier molecular flexibility index (Phi) is 8.96. The number of rotatable bonds is 13. The number of nitrogens with one attached hydrogen (secondary N) is 1. The number of carboxylic acid groups (broad SMARTS) is 1. The molecule has 9 heteroatoms. The number of carbonyl (C=O) groups is 2. The van der Waals surface area contributed by atoms with Crippen LogP contribution < -0.4 is 15.2 Å². The number of benzene rings is 4. The lowest BCUT2D eigenvalue weighted by molar-refractivity contribution is -0.137. The van der Waals surface area contributed by atoms with E-state index in [-0.39, 0.29) is 23.7 Å². The summed E-state index contributed by atoms with van der Waals surface area (Å²) in [5.74, 6) is -1.57. The van der Waals surface area contributed by atoms with Crippen molar-refractivity contribution in [1.29, 1.82) is 0 Å². The Morgan fingerprint density at radius 3 is 2.21 bits per heavy atom. The molecule has 0 heterocycles. The van der Waals surface area contributed by atoms with Crippen molar-refractivity contribution in [2.75, 3.05) is 16.2 Å². The van der Waals surface area contributed by atoms with E-state index in [1.165, 1.54) is 17.1 Å². The van der Waals surface area contributed by atoms with Gasteiger partial charge in [-0.15, -0.1) is 0 Å². The Morgan fingerprint density at radius 1 is 0.897 bits per heavy atom. The van der Waals surface area contributed by atoms with Crippen LogP contribution in [0.15, 0.2) is 114 Å². The number of hydrazine groups is 1. The van der Waals surface area contributed by atoms with Crippen LogP contribution in [0.2, 0.25) is 0 Å². The van der Waals surface area contributed by atoms with E-state index in [1.54, 1.807) is 48.5 Å². The molecule has 0 aliphatic heterocycles. The minimum absolute atomic E-state index is 0.0942. The van der Waals surface area contributed by atoms with Crippen LogP contribution in [-0.2, 0) is 26.0 Å².